The molecule has 120 valence electrons. The third kappa shape index (κ3) is 3.01. The van der Waals surface area contributed by atoms with Crippen molar-refractivity contribution in [3.63, 3.8) is 0 Å². The predicted molar refractivity (Wildman–Crippen MR) is 81.1 cm³/mol. The standard InChI is InChI=1S/C16H28N2O3/c1-4-16(5-2)8-10-17(11-16)15(21)18-9-6-7-12(3)13(18)14(19)20/h12-13H,4-11H2,1-3H3,(H,19,20). The van der Waals surface area contributed by atoms with E-state index in [1.807, 2.05) is 11.8 Å². The van der Waals surface area contributed by atoms with Crippen LogP contribution in [0, 0.1) is 11.3 Å². The second kappa shape index (κ2) is 6.24. The number of carbonyl (C=O) groups excluding carboxylic acids is 1. The highest BCUT2D eigenvalue weighted by atomic mass is 16.4. The maximum absolute atomic E-state index is 12.8. The van der Waals surface area contributed by atoms with Gasteiger partial charge in [-0.15, -0.1) is 0 Å². The molecule has 0 aliphatic carbocycles. The topological polar surface area (TPSA) is 60.9 Å². The van der Waals surface area contributed by atoms with Crippen molar-refractivity contribution in [2.45, 2.75) is 58.9 Å². The Morgan fingerprint density at radius 1 is 1.24 bits per heavy atom. The van der Waals surface area contributed by atoms with Crippen LogP contribution in [0.25, 0.3) is 0 Å². The first-order chi connectivity index (χ1) is 9.94. The molecule has 0 spiro atoms. The zero-order valence-electron chi connectivity index (χ0n) is 13.5. The van der Waals surface area contributed by atoms with Crippen molar-refractivity contribution in [3.8, 4) is 0 Å². The second-order valence-corrected chi connectivity index (χ2v) is 6.76. The van der Waals surface area contributed by atoms with Gasteiger partial charge in [-0.3, -0.25) is 0 Å². The van der Waals surface area contributed by atoms with E-state index in [1.54, 1.807) is 4.90 Å². The molecule has 2 saturated heterocycles. The Kier molecular flexibility index (Phi) is 4.79. The monoisotopic (exact) mass is 296 g/mol. The summed E-state index contributed by atoms with van der Waals surface area (Å²) in [4.78, 5) is 27.8. The number of carboxylic acid groups (broad SMARTS) is 1. The van der Waals surface area contributed by atoms with E-state index in [2.05, 4.69) is 13.8 Å². The van der Waals surface area contributed by atoms with Crippen molar-refractivity contribution >= 4 is 12.0 Å². The summed E-state index contributed by atoms with van der Waals surface area (Å²) in [6, 6.07) is -0.734. The highest BCUT2D eigenvalue weighted by Crippen LogP contribution is 2.38. The van der Waals surface area contributed by atoms with E-state index in [-0.39, 0.29) is 17.4 Å². The van der Waals surface area contributed by atoms with Gasteiger partial charge in [-0.05, 0) is 43.4 Å². The van der Waals surface area contributed by atoms with Gasteiger partial charge in [-0.25, -0.2) is 9.59 Å². The lowest BCUT2D eigenvalue weighted by molar-refractivity contribution is -0.145. The maximum Gasteiger partial charge on any atom is 0.326 e. The van der Waals surface area contributed by atoms with Crippen molar-refractivity contribution in [1.29, 1.82) is 0 Å². The third-order valence-corrected chi connectivity index (χ3v) is 5.64. The number of nitrogens with zero attached hydrogens (tertiary/aromatic N) is 2. The minimum atomic E-state index is -0.869. The minimum absolute atomic E-state index is 0.0323. The number of aliphatic carboxylic acids is 1. The average molecular weight is 296 g/mol. The number of rotatable bonds is 3. The van der Waals surface area contributed by atoms with Crippen LogP contribution in [0.5, 0.6) is 0 Å². The highest BCUT2D eigenvalue weighted by Gasteiger charge is 2.43. The molecule has 2 aliphatic rings. The summed E-state index contributed by atoms with van der Waals surface area (Å²) >= 11 is 0. The van der Waals surface area contributed by atoms with Crippen molar-refractivity contribution in [3.05, 3.63) is 0 Å². The average Bonchev–Trinajstić information content (AvgIpc) is 2.91. The molecule has 0 aromatic heterocycles. The molecule has 1 N–H and O–H groups in total. The summed E-state index contributed by atoms with van der Waals surface area (Å²) in [6.07, 6.45) is 4.97. The number of carbonyl (C=O) groups is 2. The van der Waals surface area contributed by atoms with Gasteiger partial charge in [-0.2, -0.15) is 0 Å². The zero-order chi connectivity index (χ0) is 15.6. The number of piperidine rings is 1. The molecule has 5 heteroatoms. The smallest absolute Gasteiger partial charge is 0.326 e. The first-order valence-electron chi connectivity index (χ1n) is 8.22. The Morgan fingerprint density at radius 3 is 2.43 bits per heavy atom. The summed E-state index contributed by atoms with van der Waals surface area (Å²) in [6.45, 7) is 8.40. The van der Waals surface area contributed by atoms with E-state index in [0.717, 1.165) is 45.2 Å². The summed E-state index contributed by atoms with van der Waals surface area (Å²) in [5.41, 5.74) is 0.232. The molecule has 0 aromatic carbocycles. The zero-order valence-corrected chi connectivity index (χ0v) is 13.5. The second-order valence-electron chi connectivity index (χ2n) is 6.76. The molecule has 2 rings (SSSR count). The Labute approximate surface area is 127 Å². The van der Waals surface area contributed by atoms with E-state index in [1.165, 1.54) is 0 Å². The fraction of sp³-hybridized carbons (Fsp3) is 0.875. The first-order valence-corrected chi connectivity index (χ1v) is 8.22. The fourth-order valence-electron chi connectivity index (χ4n) is 3.89. The summed E-state index contributed by atoms with van der Waals surface area (Å²) < 4.78 is 0. The van der Waals surface area contributed by atoms with Crippen molar-refractivity contribution in [1.82, 2.24) is 9.80 Å². The van der Waals surface area contributed by atoms with Crippen LogP contribution in [0.4, 0.5) is 4.79 Å². The molecular formula is C16H28N2O3. The van der Waals surface area contributed by atoms with Crippen LogP contribution in [0.15, 0.2) is 0 Å². The van der Waals surface area contributed by atoms with Crippen molar-refractivity contribution < 1.29 is 14.7 Å². The molecule has 0 aromatic rings. The van der Waals surface area contributed by atoms with E-state index in [0.29, 0.717) is 6.54 Å². The van der Waals surface area contributed by atoms with Crippen LogP contribution < -0.4 is 0 Å². The molecule has 2 aliphatic heterocycles. The fourth-order valence-corrected chi connectivity index (χ4v) is 3.89. The van der Waals surface area contributed by atoms with Crippen LogP contribution in [-0.2, 0) is 4.79 Å². The van der Waals surface area contributed by atoms with Crippen LogP contribution in [0.2, 0.25) is 0 Å². The third-order valence-electron chi connectivity index (χ3n) is 5.64. The minimum Gasteiger partial charge on any atom is -0.480 e. The Bertz CT molecular complexity index is 406. The Hall–Kier alpha value is -1.26. The summed E-state index contributed by atoms with van der Waals surface area (Å²) in [7, 11) is 0. The highest BCUT2D eigenvalue weighted by molar-refractivity contribution is 5.83. The van der Waals surface area contributed by atoms with Crippen molar-refractivity contribution in [2.24, 2.45) is 11.3 Å². The van der Waals surface area contributed by atoms with Gasteiger partial charge in [-0.1, -0.05) is 20.8 Å². The number of amides is 2. The van der Waals surface area contributed by atoms with E-state index in [9.17, 15) is 14.7 Å². The summed E-state index contributed by atoms with van der Waals surface area (Å²) in [5.74, 6) is -0.836. The number of urea groups is 1. The quantitative estimate of drug-likeness (QED) is 0.871. The predicted octanol–water partition coefficient (Wildman–Crippen LogP) is 2.80. The van der Waals surface area contributed by atoms with Gasteiger partial charge < -0.3 is 14.9 Å². The van der Waals surface area contributed by atoms with E-state index < -0.39 is 12.0 Å². The maximum atomic E-state index is 12.8. The van der Waals surface area contributed by atoms with E-state index >= 15 is 0 Å². The lowest BCUT2D eigenvalue weighted by Crippen LogP contribution is -2.55. The summed E-state index contributed by atoms with van der Waals surface area (Å²) in [5, 5.41) is 9.45. The molecule has 2 fully saturated rings. The van der Waals surface area contributed by atoms with Gasteiger partial charge in [0.05, 0.1) is 0 Å². The van der Waals surface area contributed by atoms with Crippen LogP contribution >= 0.6 is 0 Å². The van der Waals surface area contributed by atoms with Crippen LogP contribution in [0.1, 0.15) is 52.9 Å². The van der Waals surface area contributed by atoms with Crippen molar-refractivity contribution in [2.75, 3.05) is 19.6 Å². The van der Waals surface area contributed by atoms with Gasteiger partial charge >= 0.3 is 12.0 Å². The lowest BCUT2D eigenvalue weighted by atomic mass is 9.82. The molecule has 2 heterocycles. The van der Waals surface area contributed by atoms with E-state index in [4.69, 9.17) is 0 Å². The molecule has 0 bridgehead atoms. The van der Waals surface area contributed by atoms with Crippen LogP contribution in [0.3, 0.4) is 0 Å². The number of hydrogen-bond donors (Lipinski definition) is 1. The van der Waals surface area contributed by atoms with Gasteiger partial charge in [0.2, 0.25) is 0 Å². The number of likely N-dealkylation sites (tertiary alicyclic amines) is 2. The largest absolute Gasteiger partial charge is 0.480 e. The lowest BCUT2D eigenvalue weighted by Gasteiger charge is -2.39. The first kappa shape index (κ1) is 16.1. The Balaban J connectivity index is 2.10. The molecule has 2 amide bonds. The number of carboxylic acids is 1. The van der Waals surface area contributed by atoms with Gasteiger partial charge in [0.25, 0.3) is 0 Å². The molecule has 2 unspecified atom stereocenters. The van der Waals surface area contributed by atoms with Gasteiger partial charge in [0, 0.05) is 19.6 Å². The Morgan fingerprint density at radius 2 is 1.90 bits per heavy atom. The SMILES string of the molecule is CCC1(CC)CCN(C(=O)N2CCCC(C)C2C(=O)O)C1. The molecule has 0 radical (unpaired) electrons. The molecule has 2 atom stereocenters. The van der Waals surface area contributed by atoms with Crippen LogP contribution in [-0.4, -0.2) is 52.6 Å². The van der Waals surface area contributed by atoms with Gasteiger partial charge in [0.1, 0.15) is 6.04 Å². The van der Waals surface area contributed by atoms with Gasteiger partial charge in [0.15, 0.2) is 0 Å². The number of hydrogen-bond acceptors (Lipinski definition) is 2. The molecule has 0 saturated carbocycles. The molecular weight excluding hydrogens is 268 g/mol. The normalized spacial score (nSPS) is 28.7. The molecule has 21 heavy (non-hydrogen) atoms. The molecule has 5 nitrogen and oxygen atoms in total.